The Morgan fingerprint density at radius 1 is 1.00 bits per heavy atom. The SMILES string of the molecule is O=C(CSc1ccc2c(c1)OCCO2)NC[C@H]1COc2ccccc2O1. The number of hydrogen-bond donors (Lipinski definition) is 1. The fourth-order valence-electron chi connectivity index (χ4n) is 2.70. The van der Waals surface area contributed by atoms with Crippen LogP contribution in [-0.2, 0) is 4.79 Å². The number of carbonyl (C=O) groups is 1. The topological polar surface area (TPSA) is 66.0 Å². The molecular weight excluding hydrogens is 354 g/mol. The van der Waals surface area contributed by atoms with Crippen molar-refractivity contribution in [1.29, 1.82) is 0 Å². The Bertz CT molecular complexity index is 797. The number of rotatable bonds is 5. The van der Waals surface area contributed by atoms with Crippen molar-refractivity contribution in [1.82, 2.24) is 5.32 Å². The lowest BCUT2D eigenvalue weighted by atomic mass is 10.2. The van der Waals surface area contributed by atoms with E-state index in [-0.39, 0.29) is 12.0 Å². The predicted molar refractivity (Wildman–Crippen MR) is 97.5 cm³/mol. The van der Waals surface area contributed by atoms with Gasteiger partial charge in [0.15, 0.2) is 23.0 Å². The fourth-order valence-corrected chi connectivity index (χ4v) is 3.46. The van der Waals surface area contributed by atoms with Crippen LogP contribution in [0.2, 0.25) is 0 Å². The van der Waals surface area contributed by atoms with E-state index in [0.29, 0.717) is 37.9 Å². The van der Waals surface area contributed by atoms with Crippen LogP contribution in [0.1, 0.15) is 0 Å². The molecule has 0 fully saturated rings. The highest BCUT2D eigenvalue weighted by Gasteiger charge is 2.21. The zero-order valence-electron chi connectivity index (χ0n) is 14.1. The van der Waals surface area contributed by atoms with E-state index in [1.807, 2.05) is 42.5 Å². The second-order valence-corrected chi connectivity index (χ2v) is 6.94. The highest BCUT2D eigenvalue weighted by atomic mass is 32.2. The minimum Gasteiger partial charge on any atom is -0.486 e. The number of nitrogens with one attached hydrogen (secondary N) is 1. The van der Waals surface area contributed by atoms with E-state index < -0.39 is 0 Å². The first-order valence-electron chi connectivity index (χ1n) is 8.45. The Labute approximate surface area is 155 Å². The molecule has 0 spiro atoms. The molecule has 0 unspecified atom stereocenters. The van der Waals surface area contributed by atoms with Crippen molar-refractivity contribution in [2.24, 2.45) is 0 Å². The average Bonchev–Trinajstić information content (AvgIpc) is 2.70. The highest BCUT2D eigenvalue weighted by molar-refractivity contribution is 8.00. The van der Waals surface area contributed by atoms with Crippen LogP contribution >= 0.6 is 11.8 Å². The third-order valence-electron chi connectivity index (χ3n) is 3.98. The maximum atomic E-state index is 12.1. The van der Waals surface area contributed by atoms with Crippen molar-refractivity contribution in [3.8, 4) is 23.0 Å². The predicted octanol–water partition coefficient (Wildman–Crippen LogP) is 2.51. The van der Waals surface area contributed by atoms with E-state index in [4.69, 9.17) is 18.9 Å². The van der Waals surface area contributed by atoms with Crippen molar-refractivity contribution in [3.63, 3.8) is 0 Å². The minimum absolute atomic E-state index is 0.0488. The summed E-state index contributed by atoms with van der Waals surface area (Å²) in [6.45, 7) is 1.95. The Balaban J connectivity index is 1.24. The van der Waals surface area contributed by atoms with Crippen LogP contribution in [0.4, 0.5) is 0 Å². The molecule has 1 amide bonds. The van der Waals surface area contributed by atoms with Crippen LogP contribution in [0.3, 0.4) is 0 Å². The molecule has 0 radical (unpaired) electrons. The molecule has 2 aliphatic rings. The lowest BCUT2D eigenvalue weighted by molar-refractivity contribution is -0.119. The third-order valence-corrected chi connectivity index (χ3v) is 4.97. The second kappa shape index (κ2) is 7.78. The first-order chi connectivity index (χ1) is 12.8. The van der Waals surface area contributed by atoms with Crippen molar-refractivity contribution in [3.05, 3.63) is 42.5 Å². The Kier molecular flexibility index (Phi) is 5.06. The van der Waals surface area contributed by atoms with E-state index in [1.54, 1.807) is 0 Å². The van der Waals surface area contributed by atoms with Gasteiger partial charge in [-0.3, -0.25) is 4.79 Å². The van der Waals surface area contributed by atoms with E-state index in [9.17, 15) is 4.79 Å². The fraction of sp³-hybridized carbons (Fsp3) is 0.316. The molecule has 2 aliphatic heterocycles. The molecular formula is C19H19NO5S. The van der Waals surface area contributed by atoms with Gasteiger partial charge in [0.05, 0.1) is 12.3 Å². The summed E-state index contributed by atoms with van der Waals surface area (Å²) in [5, 5.41) is 2.90. The van der Waals surface area contributed by atoms with Crippen LogP contribution in [0.15, 0.2) is 47.4 Å². The summed E-state index contributed by atoms with van der Waals surface area (Å²) >= 11 is 1.46. The number of benzene rings is 2. The van der Waals surface area contributed by atoms with Crippen molar-refractivity contribution in [2.75, 3.05) is 32.1 Å². The molecule has 4 rings (SSSR count). The van der Waals surface area contributed by atoms with E-state index in [2.05, 4.69) is 5.32 Å². The van der Waals surface area contributed by atoms with Gasteiger partial charge in [-0.25, -0.2) is 0 Å². The van der Waals surface area contributed by atoms with Crippen LogP contribution < -0.4 is 24.3 Å². The van der Waals surface area contributed by atoms with Gasteiger partial charge < -0.3 is 24.3 Å². The molecule has 0 aromatic heterocycles. The van der Waals surface area contributed by atoms with E-state index in [1.165, 1.54) is 11.8 Å². The lowest BCUT2D eigenvalue weighted by Crippen LogP contribution is -2.41. The minimum atomic E-state index is -0.187. The largest absolute Gasteiger partial charge is 0.486 e. The van der Waals surface area contributed by atoms with Gasteiger partial charge in [-0.1, -0.05) is 12.1 Å². The van der Waals surface area contributed by atoms with E-state index in [0.717, 1.165) is 22.1 Å². The molecule has 0 saturated heterocycles. The van der Waals surface area contributed by atoms with E-state index >= 15 is 0 Å². The zero-order valence-corrected chi connectivity index (χ0v) is 14.9. The number of fused-ring (bicyclic) bond motifs is 2. The summed E-state index contributed by atoms with van der Waals surface area (Å²) in [5.74, 6) is 3.21. The molecule has 0 bridgehead atoms. The average molecular weight is 373 g/mol. The molecule has 2 aromatic carbocycles. The Morgan fingerprint density at radius 3 is 2.65 bits per heavy atom. The molecule has 2 heterocycles. The molecule has 0 saturated carbocycles. The lowest BCUT2D eigenvalue weighted by Gasteiger charge is -2.26. The van der Waals surface area contributed by atoms with Gasteiger partial charge >= 0.3 is 0 Å². The quantitative estimate of drug-likeness (QED) is 0.813. The summed E-state index contributed by atoms with van der Waals surface area (Å²) in [6, 6.07) is 13.2. The van der Waals surface area contributed by atoms with Gasteiger partial charge in [-0.2, -0.15) is 0 Å². The summed E-state index contributed by atoms with van der Waals surface area (Å²) in [5.41, 5.74) is 0. The number of para-hydroxylation sites is 2. The van der Waals surface area contributed by atoms with Gasteiger partial charge in [0, 0.05) is 4.90 Å². The molecule has 1 N–H and O–H groups in total. The molecule has 1 atom stereocenters. The standard InChI is InChI=1S/C19H19NO5S/c21-19(12-26-14-5-6-16-18(9-14)23-8-7-22-16)20-10-13-11-24-15-3-1-2-4-17(15)25-13/h1-6,9,13H,7-8,10-12H2,(H,20,21)/t13-/m0/s1. The van der Waals surface area contributed by atoms with Crippen molar-refractivity contribution < 1.29 is 23.7 Å². The summed E-state index contributed by atoms with van der Waals surface area (Å²) < 4.78 is 22.5. The molecule has 0 aliphatic carbocycles. The third kappa shape index (κ3) is 3.99. The monoisotopic (exact) mass is 373 g/mol. The Morgan fingerprint density at radius 2 is 1.77 bits per heavy atom. The highest BCUT2D eigenvalue weighted by Crippen LogP contribution is 2.34. The number of hydrogen-bond acceptors (Lipinski definition) is 6. The smallest absolute Gasteiger partial charge is 0.230 e. The summed E-state index contributed by atoms with van der Waals surface area (Å²) in [7, 11) is 0. The normalized spacial score (nSPS) is 17.5. The van der Waals surface area contributed by atoms with Gasteiger partial charge in [0.1, 0.15) is 25.9 Å². The van der Waals surface area contributed by atoms with Gasteiger partial charge in [-0.15, -0.1) is 11.8 Å². The zero-order chi connectivity index (χ0) is 17.8. The summed E-state index contributed by atoms with van der Waals surface area (Å²) in [4.78, 5) is 13.1. The maximum absolute atomic E-state index is 12.1. The molecule has 136 valence electrons. The van der Waals surface area contributed by atoms with Gasteiger partial charge in [-0.05, 0) is 30.3 Å². The summed E-state index contributed by atoms with van der Waals surface area (Å²) in [6.07, 6.45) is -0.187. The Hall–Kier alpha value is -2.54. The molecule has 6 nitrogen and oxygen atoms in total. The van der Waals surface area contributed by atoms with Crippen LogP contribution in [0.5, 0.6) is 23.0 Å². The van der Waals surface area contributed by atoms with Crippen LogP contribution in [0, 0.1) is 0 Å². The van der Waals surface area contributed by atoms with Gasteiger partial charge in [0.2, 0.25) is 5.91 Å². The number of thioether (sulfide) groups is 1. The molecule has 7 heteroatoms. The number of amides is 1. The maximum Gasteiger partial charge on any atom is 0.230 e. The molecule has 26 heavy (non-hydrogen) atoms. The van der Waals surface area contributed by atoms with Crippen LogP contribution in [0.25, 0.3) is 0 Å². The second-order valence-electron chi connectivity index (χ2n) is 5.90. The van der Waals surface area contributed by atoms with Crippen molar-refractivity contribution >= 4 is 17.7 Å². The number of carbonyl (C=O) groups excluding carboxylic acids is 1. The first-order valence-corrected chi connectivity index (χ1v) is 9.44. The molecule has 2 aromatic rings. The van der Waals surface area contributed by atoms with Crippen LogP contribution in [-0.4, -0.2) is 44.1 Å². The number of ether oxygens (including phenoxy) is 4. The first kappa shape index (κ1) is 16.9. The van der Waals surface area contributed by atoms with Gasteiger partial charge in [0.25, 0.3) is 0 Å². The van der Waals surface area contributed by atoms with Crippen molar-refractivity contribution in [2.45, 2.75) is 11.0 Å².